The molecule has 2 rings (SSSR count). The Morgan fingerprint density at radius 1 is 1.40 bits per heavy atom. The standard InChI is InChI=1S/C16H25N3O/c1-3-10-17-15-9-8-14(11-18-15)16(20)19(4-2)12-13-6-5-7-13/h8-9,11,13H,3-7,10,12H2,1-2H3,(H,17,18). The van der Waals surface area contributed by atoms with Gasteiger partial charge in [-0.2, -0.15) is 0 Å². The van der Waals surface area contributed by atoms with Crippen molar-refractivity contribution in [1.29, 1.82) is 0 Å². The Kier molecular flexibility index (Phi) is 5.39. The van der Waals surface area contributed by atoms with Gasteiger partial charge in [-0.05, 0) is 44.2 Å². The molecule has 1 aliphatic rings. The van der Waals surface area contributed by atoms with Gasteiger partial charge in [-0.3, -0.25) is 4.79 Å². The fourth-order valence-corrected chi connectivity index (χ4v) is 2.40. The van der Waals surface area contributed by atoms with Gasteiger partial charge >= 0.3 is 0 Å². The normalized spacial score (nSPS) is 14.7. The van der Waals surface area contributed by atoms with Crippen LogP contribution in [0.25, 0.3) is 0 Å². The summed E-state index contributed by atoms with van der Waals surface area (Å²) in [6.45, 7) is 6.73. The topological polar surface area (TPSA) is 45.2 Å². The van der Waals surface area contributed by atoms with Gasteiger partial charge in [0.05, 0.1) is 5.56 Å². The SMILES string of the molecule is CCCNc1ccc(C(=O)N(CC)CC2CCC2)cn1. The van der Waals surface area contributed by atoms with E-state index >= 15 is 0 Å². The molecule has 0 bridgehead atoms. The highest BCUT2D eigenvalue weighted by molar-refractivity contribution is 5.94. The molecule has 1 aromatic heterocycles. The third-order valence-corrected chi connectivity index (χ3v) is 3.94. The molecule has 0 saturated heterocycles. The highest BCUT2D eigenvalue weighted by Crippen LogP contribution is 2.27. The zero-order chi connectivity index (χ0) is 14.4. The van der Waals surface area contributed by atoms with Gasteiger partial charge in [0, 0.05) is 25.8 Å². The van der Waals surface area contributed by atoms with Crippen LogP contribution in [0.5, 0.6) is 0 Å². The van der Waals surface area contributed by atoms with Crippen LogP contribution in [0.3, 0.4) is 0 Å². The minimum atomic E-state index is 0.106. The second-order valence-corrected chi connectivity index (χ2v) is 5.50. The van der Waals surface area contributed by atoms with Crippen molar-refractivity contribution >= 4 is 11.7 Å². The van der Waals surface area contributed by atoms with Crippen LogP contribution in [-0.2, 0) is 0 Å². The molecule has 1 fully saturated rings. The molecule has 4 nitrogen and oxygen atoms in total. The Balaban J connectivity index is 1.95. The fourth-order valence-electron chi connectivity index (χ4n) is 2.40. The number of hydrogen-bond donors (Lipinski definition) is 1. The van der Waals surface area contributed by atoms with E-state index in [1.54, 1.807) is 6.20 Å². The van der Waals surface area contributed by atoms with Gasteiger partial charge in [-0.25, -0.2) is 4.98 Å². The van der Waals surface area contributed by atoms with Crippen molar-refractivity contribution in [1.82, 2.24) is 9.88 Å². The molecule has 0 spiro atoms. The Bertz CT molecular complexity index is 426. The summed E-state index contributed by atoms with van der Waals surface area (Å²) in [5, 5.41) is 3.22. The zero-order valence-corrected chi connectivity index (χ0v) is 12.6. The number of aromatic nitrogens is 1. The van der Waals surface area contributed by atoms with Crippen molar-refractivity contribution in [2.24, 2.45) is 5.92 Å². The molecule has 1 N–H and O–H groups in total. The first-order chi connectivity index (χ1) is 9.74. The number of nitrogens with one attached hydrogen (secondary N) is 1. The Morgan fingerprint density at radius 2 is 2.20 bits per heavy atom. The lowest BCUT2D eigenvalue weighted by atomic mass is 9.85. The monoisotopic (exact) mass is 275 g/mol. The molecule has 0 unspecified atom stereocenters. The minimum absolute atomic E-state index is 0.106. The first kappa shape index (κ1) is 14.8. The van der Waals surface area contributed by atoms with Crippen molar-refractivity contribution in [3.63, 3.8) is 0 Å². The lowest BCUT2D eigenvalue weighted by molar-refractivity contribution is 0.0706. The van der Waals surface area contributed by atoms with Crippen LogP contribution in [0.15, 0.2) is 18.3 Å². The molecule has 1 aliphatic carbocycles. The highest BCUT2D eigenvalue weighted by atomic mass is 16.2. The number of amides is 1. The predicted octanol–water partition coefficient (Wildman–Crippen LogP) is 3.17. The molecule has 1 amide bonds. The molecule has 4 heteroatoms. The van der Waals surface area contributed by atoms with Crippen molar-refractivity contribution in [3.05, 3.63) is 23.9 Å². The summed E-state index contributed by atoms with van der Waals surface area (Å²) in [7, 11) is 0. The molecule has 0 aliphatic heterocycles. The van der Waals surface area contributed by atoms with Crippen LogP contribution in [-0.4, -0.2) is 35.4 Å². The number of hydrogen-bond acceptors (Lipinski definition) is 3. The maximum Gasteiger partial charge on any atom is 0.255 e. The summed E-state index contributed by atoms with van der Waals surface area (Å²) in [6.07, 6.45) is 6.59. The summed E-state index contributed by atoms with van der Waals surface area (Å²) in [5.41, 5.74) is 0.688. The number of carbonyl (C=O) groups excluding carboxylic acids is 1. The van der Waals surface area contributed by atoms with Crippen LogP contribution in [0.4, 0.5) is 5.82 Å². The van der Waals surface area contributed by atoms with Crippen LogP contribution in [0, 0.1) is 5.92 Å². The molecule has 1 saturated carbocycles. The van der Waals surface area contributed by atoms with Crippen LogP contribution >= 0.6 is 0 Å². The molecule has 0 aromatic carbocycles. The minimum Gasteiger partial charge on any atom is -0.370 e. The van der Waals surface area contributed by atoms with E-state index in [2.05, 4.69) is 17.2 Å². The number of pyridine rings is 1. The van der Waals surface area contributed by atoms with E-state index in [-0.39, 0.29) is 5.91 Å². The lowest BCUT2D eigenvalue weighted by Crippen LogP contribution is -2.37. The zero-order valence-electron chi connectivity index (χ0n) is 12.6. The maximum atomic E-state index is 12.4. The van der Waals surface area contributed by atoms with Gasteiger partial charge in [0.1, 0.15) is 5.82 Å². The van der Waals surface area contributed by atoms with Crippen LogP contribution in [0.1, 0.15) is 49.9 Å². The summed E-state index contributed by atoms with van der Waals surface area (Å²) in [4.78, 5) is 18.7. The average Bonchev–Trinajstić information content (AvgIpc) is 2.44. The Hall–Kier alpha value is -1.58. The maximum absolute atomic E-state index is 12.4. The van der Waals surface area contributed by atoms with E-state index in [0.29, 0.717) is 11.5 Å². The van der Waals surface area contributed by atoms with Gasteiger partial charge in [0.2, 0.25) is 0 Å². The first-order valence-corrected chi connectivity index (χ1v) is 7.73. The van der Waals surface area contributed by atoms with E-state index in [1.807, 2.05) is 24.0 Å². The van der Waals surface area contributed by atoms with Crippen molar-refractivity contribution in [2.45, 2.75) is 39.5 Å². The molecule has 0 atom stereocenters. The lowest BCUT2D eigenvalue weighted by Gasteiger charge is -2.31. The second-order valence-electron chi connectivity index (χ2n) is 5.50. The third-order valence-electron chi connectivity index (χ3n) is 3.94. The molecule has 20 heavy (non-hydrogen) atoms. The van der Waals surface area contributed by atoms with Crippen LogP contribution in [0.2, 0.25) is 0 Å². The predicted molar refractivity (Wildman–Crippen MR) is 81.9 cm³/mol. The van der Waals surface area contributed by atoms with Crippen molar-refractivity contribution in [2.75, 3.05) is 25.0 Å². The summed E-state index contributed by atoms with van der Waals surface area (Å²) >= 11 is 0. The van der Waals surface area contributed by atoms with E-state index in [1.165, 1.54) is 19.3 Å². The van der Waals surface area contributed by atoms with E-state index in [4.69, 9.17) is 0 Å². The second kappa shape index (κ2) is 7.27. The average molecular weight is 275 g/mol. The summed E-state index contributed by atoms with van der Waals surface area (Å²) in [5.74, 6) is 1.65. The van der Waals surface area contributed by atoms with Gasteiger partial charge < -0.3 is 10.2 Å². The molecular weight excluding hydrogens is 250 g/mol. The summed E-state index contributed by atoms with van der Waals surface area (Å²) in [6, 6.07) is 3.76. The summed E-state index contributed by atoms with van der Waals surface area (Å²) < 4.78 is 0. The third kappa shape index (κ3) is 3.71. The molecule has 0 radical (unpaired) electrons. The number of nitrogens with zero attached hydrogens (tertiary/aromatic N) is 2. The van der Waals surface area contributed by atoms with Gasteiger partial charge in [0.25, 0.3) is 5.91 Å². The molecule has 1 heterocycles. The van der Waals surface area contributed by atoms with Crippen molar-refractivity contribution in [3.8, 4) is 0 Å². The largest absolute Gasteiger partial charge is 0.370 e. The van der Waals surface area contributed by atoms with Crippen LogP contribution < -0.4 is 5.32 Å². The number of anilines is 1. The Morgan fingerprint density at radius 3 is 2.70 bits per heavy atom. The first-order valence-electron chi connectivity index (χ1n) is 7.73. The smallest absolute Gasteiger partial charge is 0.255 e. The molecule has 1 aromatic rings. The van der Waals surface area contributed by atoms with Gasteiger partial charge in [-0.15, -0.1) is 0 Å². The number of carbonyl (C=O) groups is 1. The van der Waals surface area contributed by atoms with E-state index in [9.17, 15) is 4.79 Å². The quantitative estimate of drug-likeness (QED) is 0.831. The number of rotatable bonds is 7. The molecule has 110 valence electrons. The Labute approximate surface area is 121 Å². The van der Waals surface area contributed by atoms with E-state index in [0.717, 1.165) is 31.9 Å². The molecular formula is C16H25N3O. The van der Waals surface area contributed by atoms with Gasteiger partial charge in [-0.1, -0.05) is 13.3 Å². The fraction of sp³-hybridized carbons (Fsp3) is 0.625. The van der Waals surface area contributed by atoms with E-state index < -0.39 is 0 Å². The van der Waals surface area contributed by atoms with Gasteiger partial charge in [0.15, 0.2) is 0 Å². The van der Waals surface area contributed by atoms with Crippen molar-refractivity contribution < 1.29 is 4.79 Å². The highest BCUT2D eigenvalue weighted by Gasteiger charge is 2.23.